The third kappa shape index (κ3) is 3.39. The number of nitrogens with zero attached hydrogens (tertiary/aromatic N) is 3. The van der Waals surface area contributed by atoms with Crippen LogP contribution in [-0.2, 0) is 4.79 Å². The van der Waals surface area contributed by atoms with Crippen molar-refractivity contribution >= 4 is 28.6 Å². The van der Waals surface area contributed by atoms with Crippen molar-refractivity contribution in [2.24, 2.45) is 5.92 Å². The van der Waals surface area contributed by atoms with Crippen LogP contribution in [-0.4, -0.2) is 38.7 Å². The highest BCUT2D eigenvalue weighted by Crippen LogP contribution is 2.38. The predicted octanol–water partition coefficient (Wildman–Crippen LogP) is 3.47. The van der Waals surface area contributed by atoms with E-state index in [2.05, 4.69) is 6.92 Å². The first-order valence-electron chi connectivity index (χ1n) is 9.51. The summed E-state index contributed by atoms with van der Waals surface area (Å²) in [6.07, 6.45) is 4.17. The van der Waals surface area contributed by atoms with E-state index < -0.39 is 0 Å². The maximum atomic E-state index is 12.9. The number of likely N-dealkylation sites (tertiary alicyclic amines) is 1. The van der Waals surface area contributed by atoms with Gasteiger partial charge in [-0.05, 0) is 50.7 Å². The number of carbonyl (C=O) groups excluding carboxylic acids is 1. The summed E-state index contributed by atoms with van der Waals surface area (Å²) in [5.74, 6) is 0.857. The van der Waals surface area contributed by atoms with E-state index in [9.17, 15) is 9.59 Å². The van der Waals surface area contributed by atoms with E-state index in [-0.39, 0.29) is 22.8 Å². The summed E-state index contributed by atoms with van der Waals surface area (Å²) in [6, 6.07) is 7.71. The van der Waals surface area contributed by atoms with E-state index in [1.54, 1.807) is 0 Å². The van der Waals surface area contributed by atoms with Crippen molar-refractivity contribution in [3.05, 3.63) is 34.6 Å². The fourth-order valence-electron chi connectivity index (χ4n) is 3.56. The zero-order valence-electron chi connectivity index (χ0n) is 15.4. The summed E-state index contributed by atoms with van der Waals surface area (Å²) in [5, 5.41) is 1.11. The van der Waals surface area contributed by atoms with E-state index in [1.165, 1.54) is 11.8 Å². The Hall–Kier alpha value is -1.82. The van der Waals surface area contributed by atoms with Crippen molar-refractivity contribution in [3.8, 4) is 0 Å². The number of para-hydroxylation sites is 1. The zero-order valence-corrected chi connectivity index (χ0v) is 16.2. The number of thioether (sulfide) groups is 1. The monoisotopic (exact) mass is 371 g/mol. The Morgan fingerprint density at radius 1 is 1.19 bits per heavy atom. The Morgan fingerprint density at radius 2 is 1.88 bits per heavy atom. The quantitative estimate of drug-likeness (QED) is 0.610. The van der Waals surface area contributed by atoms with Crippen LogP contribution >= 0.6 is 11.8 Å². The molecule has 0 bridgehead atoms. The number of aromatic nitrogens is 2. The van der Waals surface area contributed by atoms with Crippen LogP contribution in [0.4, 0.5) is 0 Å². The average Bonchev–Trinajstić information content (AvgIpc) is 3.47. The number of piperidine rings is 1. The predicted molar refractivity (Wildman–Crippen MR) is 105 cm³/mol. The number of rotatable bonds is 4. The normalized spacial score (nSPS) is 19.7. The molecule has 138 valence electrons. The van der Waals surface area contributed by atoms with E-state index in [0.717, 1.165) is 38.8 Å². The molecule has 4 rings (SSSR count). The molecular formula is C20H25N3O2S. The molecule has 1 saturated carbocycles. The highest BCUT2D eigenvalue weighted by Gasteiger charge is 2.31. The van der Waals surface area contributed by atoms with Gasteiger partial charge in [-0.2, -0.15) is 0 Å². The van der Waals surface area contributed by atoms with Crippen LogP contribution in [0.1, 0.15) is 45.6 Å². The van der Waals surface area contributed by atoms with Gasteiger partial charge in [-0.15, -0.1) is 0 Å². The van der Waals surface area contributed by atoms with Crippen molar-refractivity contribution < 1.29 is 4.79 Å². The van der Waals surface area contributed by atoms with Gasteiger partial charge in [0, 0.05) is 19.1 Å². The molecule has 5 nitrogen and oxygen atoms in total. The Bertz CT molecular complexity index is 882. The summed E-state index contributed by atoms with van der Waals surface area (Å²) in [7, 11) is 0. The number of benzene rings is 1. The zero-order chi connectivity index (χ0) is 18.3. The molecule has 0 N–H and O–H groups in total. The lowest BCUT2D eigenvalue weighted by Gasteiger charge is -2.32. The molecule has 1 saturated heterocycles. The lowest BCUT2D eigenvalue weighted by atomic mass is 9.99. The van der Waals surface area contributed by atoms with Crippen LogP contribution in [0.5, 0.6) is 0 Å². The van der Waals surface area contributed by atoms with Crippen molar-refractivity contribution in [2.45, 2.75) is 56.0 Å². The topological polar surface area (TPSA) is 55.2 Å². The van der Waals surface area contributed by atoms with Crippen molar-refractivity contribution in [3.63, 3.8) is 0 Å². The van der Waals surface area contributed by atoms with Gasteiger partial charge in [-0.1, -0.05) is 30.8 Å². The largest absolute Gasteiger partial charge is 0.342 e. The number of carbonyl (C=O) groups is 1. The van der Waals surface area contributed by atoms with Gasteiger partial charge in [-0.3, -0.25) is 14.2 Å². The first-order valence-corrected chi connectivity index (χ1v) is 10.4. The molecular weight excluding hydrogens is 346 g/mol. The fourth-order valence-corrected chi connectivity index (χ4v) is 4.62. The van der Waals surface area contributed by atoms with Gasteiger partial charge in [0.25, 0.3) is 5.56 Å². The van der Waals surface area contributed by atoms with Crippen molar-refractivity contribution in [2.75, 3.05) is 13.1 Å². The third-order valence-electron chi connectivity index (χ3n) is 5.41. The summed E-state index contributed by atoms with van der Waals surface area (Å²) >= 11 is 1.43. The fraction of sp³-hybridized carbons (Fsp3) is 0.550. The molecule has 1 atom stereocenters. The summed E-state index contributed by atoms with van der Waals surface area (Å²) < 4.78 is 1.81. The van der Waals surface area contributed by atoms with Crippen LogP contribution in [0.2, 0.25) is 0 Å². The van der Waals surface area contributed by atoms with Crippen molar-refractivity contribution in [1.82, 2.24) is 14.5 Å². The standard InChI is InChI=1S/C20H25N3O2S/c1-13-9-11-22(12-10-13)18(24)14(2)26-20-21-17-6-4-3-5-16(17)19(25)23(20)15-7-8-15/h3-6,13-15H,7-12H2,1-2H3. The van der Waals surface area contributed by atoms with Crippen LogP contribution in [0.25, 0.3) is 10.9 Å². The molecule has 0 radical (unpaired) electrons. The second kappa shape index (κ2) is 7.06. The summed E-state index contributed by atoms with van der Waals surface area (Å²) in [6.45, 7) is 5.86. The van der Waals surface area contributed by atoms with Crippen LogP contribution in [0.3, 0.4) is 0 Å². The van der Waals surface area contributed by atoms with E-state index >= 15 is 0 Å². The van der Waals surface area contributed by atoms with E-state index in [1.807, 2.05) is 40.7 Å². The van der Waals surface area contributed by atoms with Crippen molar-refractivity contribution in [1.29, 1.82) is 0 Å². The highest BCUT2D eigenvalue weighted by atomic mass is 32.2. The Kier molecular flexibility index (Phi) is 4.78. The summed E-state index contributed by atoms with van der Waals surface area (Å²) in [5.41, 5.74) is 0.732. The van der Waals surface area contributed by atoms with Gasteiger partial charge in [-0.25, -0.2) is 4.98 Å². The molecule has 0 spiro atoms. The number of hydrogen-bond acceptors (Lipinski definition) is 4. The minimum Gasteiger partial charge on any atom is -0.342 e. The molecule has 1 aliphatic heterocycles. The van der Waals surface area contributed by atoms with E-state index in [4.69, 9.17) is 4.98 Å². The number of amides is 1. The lowest BCUT2D eigenvalue weighted by molar-refractivity contribution is -0.131. The van der Waals surface area contributed by atoms with Gasteiger partial charge in [0.15, 0.2) is 5.16 Å². The average molecular weight is 372 g/mol. The van der Waals surface area contributed by atoms with Gasteiger partial charge in [0.2, 0.25) is 5.91 Å². The SMILES string of the molecule is CC1CCN(C(=O)C(C)Sc2nc3ccccc3c(=O)n2C2CC2)CC1. The second-order valence-corrected chi connectivity index (χ2v) is 8.89. The Balaban J connectivity index is 1.61. The second-order valence-electron chi connectivity index (χ2n) is 7.59. The molecule has 1 aromatic heterocycles. The molecule has 2 aromatic rings. The Morgan fingerprint density at radius 3 is 2.58 bits per heavy atom. The molecule has 26 heavy (non-hydrogen) atoms. The van der Waals surface area contributed by atoms with Gasteiger partial charge >= 0.3 is 0 Å². The molecule has 2 aliphatic rings. The first kappa shape index (κ1) is 17.6. The van der Waals surface area contributed by atoms with Gasteiger partial charge in [0.1, 0.15) is 0 Å². The smallest absolute Gasteiger partial charge is 0.262 e. The number of fused-ring (bicyclic) bond motifs is 1. The van der Waals surface area contributed by atoms with Crippen LogP contribution in [0, 0.1) is 5.92 Å². The minimum atomic E-state index is -0.235. The van der Waals surface area contributed by atoms with E-state index in [0.29, 0.717) is 22.0 Å². The number of hydrogen-bond donors (Lipinski definition) is 0. The maximum Gasteiger partial charge on any atom is 0.262 e. The molecule has 1 aliphatic carbocycles. The van der Waals surface area contributed by atoms with Gasteiger partial charge in [0.05, 0.1) is 16.2 Å². The summed E-state index contributed by atoms with van der Waals surface area (Å²) in [4.78, 5) is 32.5. The minimum absolute atomic E-state index is 0.0204. The maximum absolute atomic E-state index is 12.9. The first-order chi connectivity index (χ1) is 12.5. The highest BCUT2D eigenvalue weighted by molar-refractivity contribution is 8.00. The molecule has 1 amide bonds. The molecule has 1 aromatic carbocycles. The van der Waals surface area contributed by atoms with Crippen LogP contribution in [0.15, 0.2) is 34.2 Å². The van der Waals surface area contributed by atoms with Gasteiger partial charge < -0.3 is 4.90 Å². The molecule has 2 heterocycles. The van der Waals surface area contributed by atoms with Crippen LogP contribution < -0.4 is 5.56 Å². The molecule has 2 fully saturated rings. The lowest BCUT2D eigenvalue weighted by Crippen LogP contribution is -2.42. The molecule has 6 heteroatoms. The molecule has 1 unspecified atom stereocenters. The third-order valence-corrected chi connectivity index (χ3v) is 6.47. The Labute approximate surface area is 157 Å².